The van der Waals surface area contributed by atoms with Gasteiger partial charge in [-0.2, -0.15) is 0 Å². The van der Waals surface area contributed by atoms with Crippen LogP contribution in [-0.4, -0.2) is 32.3 Å². The second kappa shape index (κ2) is 5.06. The molecule has 1 aliphatic rings. The molecule has 0 radical (unpaired) electrons. The van der Waals surface area contributed by atoms with Crippen molar-refractivity contribution in [2.75, 3.05) is 13.1 Å². The number of hydrogen-bond acceptors (Lipinski definition) is 3. The van der Waals surface area contributed by atoms with E-state index in [1.54, 1.807) is 11.0 Å². The van der Waals surface area contributed by atoms with Crippen molar-refractivity contribution in [1.29, 1.82) is 0 Å². The summed E-state index contributed by atoms with van der Waals surface area (Å²) >= 11 is 5.75. The molecule has 0 spiro atoms. The Morgan fingerprint density at radius 1 is 1.24 bits per heavy atom. The number of nitrogens with zero attached hydrogens (tertiary/aromatic N) is 1. The lowest BCUT2D eigenvalue weighted by molar-refractivity contribution is 0.0792. The van der Waals surface area contributed by atoms with Crippen molar-refractivity contribution < 1.29 is 13.2 Å². The van der Waals surface area contributed by atoms with Crippen molar-refractivity contribution in [1.82, 2.24) is 4.90 Å². The maximum atomic E-state index is 12.0. The standard InChI is InChI=1S/C11H12ClNO3S/c12-9-4-3-8(7-10(9)17(15)16)11(14)13-5-1-2-6-13/h3-4,7,17H,1-2,5-6H2. The molecule has 0 aliphatic carbocycles. The van der Waals surface area contributed by atoms with Crippen LogP contribution < -0.4 is 0 Å². The summed E-state index contributed by atoms with van der Waals surface area (Å²) in [5, 5.41) is 0.152. The van der Waals surface area contributed by atoms with E-state index >= 15 is 0 Å². The molecule has 1 aliphatic heterocycles. The lowest BCUT2D eigenvalue weighted by atomic mass is 10.2. The molecular weight excluding hydrogens is 262 g/mol. The number of carbonyl (C=O) groups is 1. The van der Waals surface area contributed by atoms with Crippen LogP contribution in [0.4, 0.5) is 0 Å². The molecule has 1 heterocycles. The van der Waals surface area contributed by atoms with Crippen LogP contribution >= 0.6 is 11.6 Å². The van der Waals surface area contributed by atoms with Crippen molar-refractivity contribution >= 4 is 28.2 Å². The largest absolute Gasteiger partial charge is 0.339 e. The lowest BCUT2D eigenvalue weighted by Gasteiger charge is -2.15. The van der Waals surface area contributed by atoms with Gasteiger partial charge in [0.2, 0.25) is 0 Å². The zero-order valence-corrected chi connectivity index (χ0v) is 10.7. The predicted molar refractivity (Wildman–Crippen MR) is 65.2 cm³/mol. The summed E-state index contributed by atoms with van der Waals surface area (Å²) in [5.41, 5.74) is 0.380. The Bertz CT molecular complexity index is 513. The van der Waals surface area contributed by atoms with Crippen molar-refractivity contribution in [2.45, 2.75) is 17.7 Å². The van der Waals surface area contributed by atoms with Crippen LogP contribution in [0.25, 0.3) is 0 Å². The smallest absolute Gasteiger partial charge is 0.253 e. The van der Waals surface area contributed by atoms with Gasteiger partial charge in [0.15, 0.2) is 10.7 Å². The van der Waals surface area contributed by atoms with Crippen LogP contribution in [0, 0.1) is 0 Å². The van der Waals surface area contributed by atoms with Gasteiger partial charge in [-0.05, 0) is 31.0 Å². The van der Waals surface area contributed by atoms with Gasteiger partial charge in [0.25, 0.3) is 5.91 Å². The molecule has 1 saturated heterocycles. The van der Waals surface area contributed by atoms with E-state index in [1.807, 2.05) is 0 Å². The molecule has 4 nitrogen and oxygen atoms in total. The van der Waals surface area contributed by atoms with Gasteiger partial charge >= 0.3 is 0 Å². The first-order valence-electron chi connectivity index (χ1n) is 5.33. The molecule has 0 unspecified atom stereocenters. The minimum Gasteiger partial charge on any atom is -0.339 e. The van der Waals surface area contributed by atoms with Crippen molar-refractivity contribution in [3.63, 3.8) is 0 Å². The van der Waals surface area contributed by atoms with E-state index in [4.69, 9.17) is 11.6 Å². The first-order chi connectivity index (χ1) is 8.09. The van der Waals surface area contributed by atoms with E-state index in [0.29, 0.717) is 5.56 Å². The molecular formula is C11H12ClNO3S. The third-order valence-electron chi connectivity index (χ3n) is 2.78. The van der Waals surface area contributed by atoms with Crippen molar-refractivity contribution in [3.8, 4) is 0 Å². The first kappa shape index (κ1) is 12.4. The molecule has 0 atom stereocenters. The maximum Gasteiger partial charge on any atom is 0.253 e. The zero-order valence-electron chi connectivity index (χ0n) is 9.06. The third kappa shape index (κ3) is 2.61. The lowest BCUT2D eigenvalue weighted by Crippen LogP contribution is -2.27. The van der Waals surface area contributed by atoms with E-state index in [0.717, 1.165) is 25.9 Å². The van der Waals surface area contributed by atoms with E-state index in [1.165, 1.54) is 12.1 Å². The highest BCUT2D eigenvalue weighted by Crippen LogP contribution is 2.21. The molecule has 1 fully saturated rings. The van der Waals surface area contributed by atoms with Crippen molar-refractivity contribution in [3.05, 3.63) is 28.8 Å². The first-order valence-corrected chi connectivity index (χ1v) is 6.88. The molecule has 6 heteroatoms. The Hall–Kier alpha value is -1.07. The molecule has 0 aromatic heterocycles. The summed E-state index contributed by atoms with van der Waals surface area (Å²) in [5.74, 6) is -0.128. The van der Waals surface area contributed by atoms with Gasteiger partial charge in [-0.1, -0.05) is 11.6 Å². The van der Waals surface area contributed by atoms with E-state index in [-0.39, 0.29) is 15.8 Å². The van der Waals surface area contributed by atoms with Crippen LogP contribution in [-0.2, 0) is 10.7 Å². The maximum absolute atomic E-state index is 12.0. The fourth-order valence-electron chi connectivity index (χ4n) is 1.89. The fraction of sp³-hybridized carbons (Fsp3) is 0.364. The molecule has 1 amide bonds. The van der Waals surface area contributed by atoms with Gasteiger partial charge in [-0.25, -0.2) is 8.42 Å². The minimum absolute atomic E-state index is 0.00622. The predicted octanol–water partition coefficient (Wildman–Crippen LogP) is 1.55. The average molecular weight is 274 g/mol. The number of hydrogen-bond donors (Lipinski definition) is 1. The van der Waals surface area contributed by atoms with E-state index in [2.05, 4.69) is 0 Å². The summed E-state index contributed by atoms with van der Waals surface area (Å²) in [6.07, 6.45) is 2.00. The second-order valence-corrected chi connectivity index (χ2v) is 5.33. The Morgan fingerprint density at radius 3 is 2.47 bits per heavy atom. The minimum atomic E-state index is -2.77. The normalized spacial score (nSPS) is 15.5. The molecule has 92 valence electrons. The van der Waals surface area contributed by atoms with Crippen LogP contribution in [0.3, 0.4) is 0 Å². The monoisotopic (exact) mass is 273 g/mol. The summed E-state index contributed by atoms with van der Waals surface area (Å²) < 4.78 is 21.9. The number of thiol groups is 1. The Balaban J connectivity index is 2.32. The number of amides is 1. The Morgan fingerprint density at radius 2 is 1.88 bits per heavy atom. The summed E-state index contributed by atoms with van der Waals surface area (Å²) in [6.45, 7) is 1.47. The van der Waals surface area contributed by atoms with Gasteiger partial charge in [-0.15, -0.1) is 0 Å². The number of rotatable bonds is 2. The number of carbonyl (C=O) groups excluding carboxylic acids is 1. The molecule has 0 N–H and O–H groups in total. The molecule has 17 heavy (non-hydrogen) atoms. The van der Waals surface area contributed by atoms with Crippen LogP contribution in [0.15, 0.2) is 23.1 Å². The second-order valence-electron chi connectivity index (χ2n) is 3.92. The summed E-state index contributed by atoms with van der Waals surface area (Å²) in [6, 6.07) is 4.35. The van der Waals surface area contributed by atoms with E-state index < -0.39 is 10.7 Å². The Labute approximate surface area is 106 Å². The molecule has 0 bridgehead atoms. The molecule has 1 aromatic carbocycles. The SMILES string of the molecule is O=C(c1ccc(Cl)c([SH](=O)=O)c1)N1CCCC1. The van der Waals surface area contributed by atoms with Gasteiger partial charge in [-0.3, -0.25) is 4.79 Å². The highest BCUT2D eigenvalue weighted by molar-refractivity contribution is 7.72. The van der Waals surface area contributed by atoms with Crippen LogP contribution in [0.2, 0.25) is 5.02 Å². The van der Waals surface area contributed by atoms with Gasteiger partial charge in [0.1, 0.15) is 0 Å². The van der Waals surface area contributed by atoms with Gasteiger partial charge in [0.05, 0.1) is 9.92 Å². The summed E-state index contributed by atoms with van der Waals surface area (Å²) in [4.78, 5) is 13.8. The Kier molecular flexibility index (Phi) is 3.69. The summed E-state index contributed by atoms with van der Waals surface area (Å²) in [7, 11) is -2.77. The topological polar surface area (TPSA) is 54.5 Å². The van der Waals surface area contributed by atoms with E-state index in [9.17, 15) is 13.2 Å². The van der Waals surface area contributed by atoms with Gasteiger partial charge in [0, 0.05) is 18.7 Å². The quantitative estimate of drug-likeness (QED) is 0.832. The fourth-order valence-corrected chi connectivity index (χ4v) is 2.71. The molecule has 0 saturated carbocycles. The van der Waals surface area contributed by atoms with Crippen LogP contribution in [0.1, 0.15) is 23.2 Å². The van der Waals surface area contributed by atoms with Crippen LogP contribution in [0.5, 0.6) is 0 Å². The average Bonchev–Trinajstić information content (AvgIpc) is 2.81. The highest BCUT2D eigenvalue weighted by atomic mass is 35.5. The van der Waals surface area contributed by atoms with Gasteiger partial charge < -0.3 is 4.90 Å². The molecule has 2 rings (SSSR count). The number of benzene rings is 1. The molecule has 1 aromatic rings. The highest BCUT2D eigenvalue weighted by Gasteiger charge is 2.20. The zero-order chi connectivity index (χ0) is 12.4. The van der Waals surface area contributed by atoms with Crippen molar-refractivity contribution in [2.24, 2.45) is 0 Å². The number of likely N-dealkylation sites (tertiary alicyclic amines) is 1. The number of halogens is 1. The third-order valence-corrected chi connectivity index (χ3v) is 4.01.